The van der Waals surface area contributed by atoms with E-state index in [1.165, 1.54) is 0 Å². The number of amides is 2. The quantitative estimate of drug-likeness (QED) is 0.840. The van der Waals surface area contributed by atoms with Gasteiger partial charge < -0.3 is 9.47 Å². The molecule has 0 radical (unpaired) electrons. The van der Waals surface area contributed by atoms with Crippen LogP contribution in [0.4, 0.5) is 23.9 Å². The highest BCUT2D eigenvalue weighted by molar-refractivity contribution is 7.62. The number of urea groups is 1. The number of ether oxygens (including phenoxy) is 2. The summed E-state index contributed by atoms with van der Waals surface area (Å²) < 4.78 is 67.6. The van der Waals surface area contributed by atoms with Crippen LogP contribution in [0.15, 0.2) is 4.36 Å². The van der Waals surface area contributed by atoms with Gasteiger partial charge in [-0.2, -0.15) is 31.6 Å². The van der Waals surface area contributed by atoms with E-state index < -0.39 is 47.3 Å². The number of carbonyl (C=O) groups is 1. The van der Waals surface area contributed by atoms with E-state index in [4.69, 9.17) is 0 Å². The minimum absolute atomic E-state index is 0.458. The number of hydrogen-bond donors (Lipinski definition) is 1. The van der Waals surface area contributed by atoms with E-state index in [9.17, 15) is 26.4 Å². The van der Waals surface area contributed by atoms with Crippen LogP contribution in [-0.2, 0) is 10.5 Å². The minimum atomic E-state index is -4.63. The summed E-state index contributed by atoms with van der Waals surface area (Å²) in [6, 6.07) is -2.60. The molecule has 0 bridgehead atoms. The third-order valence-corrected chi connectivity index (χ3v) is 1.83. The Morgan fingerprint density at radius 1 is 1.29 bits per heavy atom. The predicted molar refractivity (Wildman–Crippen MR) is 58.3 cm³/mol. The smallest absolute Gasteiger partial charge is 0.422 e. The van der Waals surface area contributed by atoms with Crippen LogP contribution in [0.1, 0.15) is 0 Å². The van der Waals surface area contributed by atoms with Crippen molar-refractivity contribution in [1.29, 1.82) is 0 Å². The second-order valence-corrected chi connectivity index (χ2v) is 3.69. The zero-order valence-corrected chi connectivity index (χ0v) is 10.9. The van der Waals surface area contributed by atoms with Gasteiger partial charge in [0.15, 0.2) is 6.61 Å². The first-order valence-electron chi connectivity index (χ1n) is 4.81. The van der Waals surface area contributed by atoms with Crippen molar-refractivity contribution in [2.24, 2.45) is 4.36 Å². The fourth-order valence-electron chi connectivity index (χ4n) is 0.882. The van der Waals surface area contributed by atoms with Gasteiger partial charge in [0, 0.05) is 0 Å². The lowest BCUT2D eigenvalue weighted by Gasteiger charge is -2.09. The van der Waals surface area contributed by atoms with Gasteiger partial charge in [0.2, 0.25) is 5.95 Å². The van der Waals surface area contributed by atoms with Crippen molar-refractivity contribution in [3.8, 4) is 12.0 Å². The summed E-state index contributed by atoms with van der Waals surface area (Å²) in [5, 5.41) is 1.78. The van der Waals surface area contributed by atoms with Crippen molar-refractivity contribution in [2.45, 2.75) is 6.18 Å². The van der Waals surface area contributed by atoms with E-state index in [1.54, 1.807) is 5.32 Å². The molecule has 1 rings (SSSR count). The van der Waals surface area contributed by atoms with E-state index in [0.717, 1.165) is 7.11 Å². The van der Waals surface area contributed by atoms with Gasteiger partial charge in [0.05, 0.1) is 7.11 Å². The fourth-order valence-corrected chi connectivity index (χ4v) is 1.06. The number of anilines is 1. The highest BCUT2D eigenvalue weighted by Crippen LogP contribution is 2.18. The minimum Gasteiger partial charge on any atom is -0.467 e. The van der Waals surface area contributed by atoms with Crippen molar-refractivity contribution in [3.05, 3.63) is 0 Å². The number of methoxy groups -OCH3 is 1. The molecule has 0 aliphatic heterocycles. The molecule has 0 atom stereocenters. The standard InChI is InChI=1S/C7H6F3N5O5S/c1-19-5-12-3(11-4(16)15-21(17)18)13-6(14-5)20-2-7(8,9)10/h2H2,1H3,(H,11,12,13,14,16). The molecule has 0 aliphatic rings. The Kier molecular flexibility index (Phi) is 5.34. The van der Waals surface area contributed by atoms with Gasteiger partial charge in [-0.1, -0.05) is 4.36 Å². The van der Waals surface area contributed by atoms with Crippen LogP contribution in [0, 0.1) is 0 Å². The summed E-state index contributed by atoms with van der Waals surface area (Å²) in [4.78, 5) is 21.1. The van der Waals surface area contributed by atoms with Crippen molar-refractivity contribution < 1.29 is 35.9 Å². The summed E-state index contributed by atoms with van der Waals surface area (Å²) >= 11 is 0. The lowest BCUT2D eigenvalue weighted by atomic mass is 10.7. The molecule has 0 spiro atoms. The zero-order valence-electron chi connectivity index (χ0n) is 10.1. The third-order valence-electron chi connectivity index (χ3n) is 1.52. The first-order chi connectivity index (χ1) is 9.69. The molecule has 0 fully saturated rings. The van der Waals surface area contributed by atoms with Gasteiger partial charge in [0.1, 0.15) is 0 Å². The number of nitrogens with one attached hydrogen (secondary N) is 1. The van der Waals surface area contributed by atoms with Crippen LogP contribution in [0.5, 0.6) is 12.0 Å². The van der Waals surface area contributed by atoms with Crippen molar-refractivity contribution in [3.63, 3.8) is 0 Å². The van der Waals surface area contributed by atoms with E-state index in [1.807, 2.05) is 0 Å². The maximum Gasteiger partial charge on any atom is 0.422 e. The Morgan fingerprint density at radius 3 is 2.43 bits per heavy atom. The molecule has 0 aromatic carbocycles. The molecule has 1 heterocycles. The summed E-state index contributed by atoms with van der Waals surface area (Å²) in [5.41, 5.74) is 0. The van der Waals surface area contributed by atoms with Crippen LogP contribution < -0.4 is 14.8 Å². The number of rotatable bonds is 4. The van der Waals surface area contributed by atoms with Gasteiger partial charge in [-0.3, -0.25) is 5.32 Å². The number of hydrogen-bond acceptors (Lipinski definition) is 8. The lowest BCUT2D eigenvalue weighted by Crippen LogP contribution is -2.21. The van der Waals surface area contributed by atoms with Crippen molar-refractivity contribution in [1.82, 2.24) is 15.0 Å². The molecule has 1 N–H and O–H groups in total. The van der Waals surface area contributed by atoms with Crippen LogP contribution in [0.2, 0.25) is 0 Å². The first-order valence-corrected chi connectivity index (χ1v) is 5.84. The molecule has 1 aromatic heterocycles. The van der Waals surface area contributed by atoms with Gasteiger partial charge in [-0.15, -0.1) is 4.98 Å². The summed E-state index contributed by atoms with van der Waals surface area (Å²) in [5.74, 6) is -0.599. The number of nitrogens with zero attached hydrogens (tertiary/aromatic N) is 4. The maximum absolute atomic E-state index is 12.0. The first kappa shape index (κ1) is 16.5. The Bertz CT molecular complexity index is 653. The Balaban J connectivity index is 2.94. The van der Waals surface area contributed by atoms with Crippen LogP contribution in [0.3, 0.4) is 0 Å². The molecule has 2 amide bonds. The lowest BCUT2D eigenvalue weighted by molar-refractivity contribution is -0.154. The normalized spacial score (nSPS) is 10.7. The number of carbonyl (C=O) groups excluding carboxylic acids is 1. The summed E-state index contributed by atoms with van der Waals surface area (Å²) in [6.07, 6.45) is -4.63. The van der Waals surface area contributed by atoms with Gasteiger partial charge >= 0.3 is 34.7 Å². The average Bonchev–Trinajstić information content (AvgIpc) is 2.34. The third kappa shape index (κ3) is 6.46. The van der Waals surface area contributed by atoms with E-state index in [0.29, 0.717) is 0 Å². The number of halogens is 3. The highest BCUT2D eigenvalue weighted by atomic mass is 32.2. The molecule has 0 unspecified atom stereocenters. The second-order valence-electron chi connectivity index (χ2n) is 3.07. The summed E-state index contributed by atoms with van der Waals surface area (Å²) in [7, 11) is -1.91. The molecular weight excluding hydrogens is 323 g/mol. The van der Waals surface area contributed by atoms with E-state index in [-0.39, 0.29) is 0 Å². The Hall–Kier alpha value is -2.51. The molecule has 21 heavy (non-hydrogen) atoms. The van der Waals surface area contributed by atoms with Crippen LogP contribution in [0.25, 0.3) is 0 Å². The maximum atomic E-state index is 12.0. The number of aromatic nitrogens is 3. The average molecular weight is 329 g/mol. The Labute approximate surface area is 116 Å². The predicted octanol–water partition coefficient (Wildman–Crippen LogP) is 0.416. The molecule has 1 aromatic rings. The zero-order chi connectivity index (χ0) is 16.0. The van der Waals surface area contributed by atoms with E-state index >= 15 is 0 Å². The topological polar surface area (TPSA) is 133 Å². The fraction of sp³-hybridized carbons (Fsp3) is 0.429. The van der Waals surface area contributed by atoms with Gasteiger partial charge in [0.25, 0.3) is 0 Å². The van der Waals surface area contributed by atoms with Crippen molar-refractivity contribution in [2.75, 3.05) is 19.0 Å². The highest BCUT2D eigenvalue weighted by Gasteiger charge is 2.29. The molecule has 116 valence electrons. The van der Waals surface area contributed by atoms with Crippen LogP contribution >= 0.6 is 0 Å². The molecule has 14 heteroatoms. The Morgan fingerprint density at radius 2 is 1.90 bits per heavy atom. The van der Waals surface area contributed by atoms with Gasteiger partial charge in [-0.05, 0) is 0 Å². The molecule has 10 nitrogen and oxygen atoms in total. The molecule has 0 saturated carbocycles. The molecule has 0 aliphatic carbocycles. The summed E-state index contributed by atoms with van der Waals surface area (Å²) in [6.45, 7) is -1.68. The van der Waals surface area contributed by atoms with Gasteiger partial charge in [-0.25, -0.2) is 4.79 Å². The largest absolute Gasteiger partial charge is 0.467 e. The second kappa shape index (κ2) is 6.78. The van der Waals surface area contributed by atoms with E-state index in [2.05, 4.69) is 28.8 Å². The monoisotopic (exact) mass is 329 g/mol. The van der Waals surface area contributed by atoms with Crippen molar-refractivity contribution >= 4 is 22.5 Å². The molecular formula is C7H6F3N5O5S. The van der Waals surface area contributed by atoms with Crippen LogP contribution in [-0.4, -0.2) is 49.3 Å². The molecule has 0 saturated heterocycles. The number of alkyl halides is 3. The SMILES string of the molecule is COc1nc(NC(=O)N=S(=O)=O)nc(OCC(F)(F)F)n1.